The first-order valence-electron chi connectivity index (χ1n) is 39.9. The van der Waals surface area contributed by atoms with Crippen molar-refractivity contribution in [1.82, 2.24) is 67.2 Å². The molecule has 22 nitrogen and oxygen atoms in total. The molecule has 18 rings (SSSR count). The molecule has 12 aromatic rings. The Bertz CT molecular complexity index is 5580. The first kappa shape index (κ1) is 80.1. The summed E-state index contributed by atoms with van der Waals surface area (Å²) in [6, 6.07) is 41.2. The Kier molecular flexibility index (Phi) is 23.2. The van der Waals surface area contributed by atoms with Gasteiger partial charge in [0, 0.05) is 162 Å². The molecule has 0 unspecified atom stereocenters. The van der Waals surface area contributed by atoms with Gasteiger partial charge in [0.05, 0.1) is 21.6 Å². The number of nitrogens with two attached hydrogens (primary N) is 1. The topological polar surface area (TPSA) is 230 Å². The van der Waals surface area contributed by atoms with Crippen molar-refractivity contribution >= 4 is 119 Å². The summed E-state index contributed by atoms with van der Waals surface area (Å²) < 4.78 is 25.3. The maximum atomic E-state index is 13.6. The number of aromatic nitrogens is 9. The predicted molar refractivity (Wildman–Crippen MR) is 460 cm³/mol. The highest BCUT2D eigenvalue weighted by Crippen LogP contribution is 2.44. The van der Waals surface area contributed by atoms with E-state index < -0.39 is 23.4 Å². The lowest BCUT2D eigenvalue weighted by Gasteiger charge is -2.33. The number of piperidine rings is 3. The Morgan fingerprint density at radius 2 is 0.832 bits per heavy atom. The number of ether oxygens (including phenoxy) is 2. The summed E-state index contributed by atoms with van der Waals surface area (Å²) in [5.41, 5.74) is 22.3. The highest BCUT2D eigenvalue weighted by molar-refractivity contribution is 14.0. The van der Waals surface area contributed by atoms with Gasteiger partial charge in [-0.2, -0.15) is 0 Å². The van der Waals surface area contributed by atoms with Gasteiger partial charge in [-0.3, -0.25) is 14.4 Å². The molecule has 594 valence electrons. The molecule has 0 spiro atoms. The summed E-state index contributed by atoms with van der Waals surface area (Å²) >= 11 is 3.90. The molecule has 9 aromatic heterocycles. The average Bonchev–Trinajstić information content (AvgIpc) is 1.59. The number of imidazole rings is 3. The van der Waals surface area contributed by atoms with Crippen LogP contribution in [0.1, 0.15) is 174 Å². The zero-order valence-electron chi connectivity index (χ0n) is 65.7. The van der Waals surface area contributed by atoms with Crippen LogP contribution in [0.15, 0.2) is 144 Å². The van der Waals surface area contributed by atoms with E-state index in [-0.39, 0.29) is 67.3 Å². The second-order valence-electron chi connectivity index (χ2n) is 33.7. The molecule has 0 radical (unpaired) electrons. The molecule has 3 aliphatic carbocycles. The molecular weight excluding hydrogens is 1600 g/mol. The van der Waals surface area contributed by atoms with Gasteiger partial charge in [0.15, 0.2) is 0 Å². The number of benzene rings is 3. The van der Waals surface area contributed by atoms with E-state index in [4.69, 9.17) is 30.2 Å². The number of carbonyl (C=O) groups is 5. The van der Waals surface area contributed by atoms with Crippen LogP contribution in [0.4, 0.5) is 9.59 Å². The molecule has 4 N–H and O–H groups in total. The maximum absolute atomic E-state index is 13.6. The lowest BCUT2D eigenvalue weighted by molar-refractivity contribution is 0.0446. The Morgan fingerprint density at radius 3 is 1.24 bits per heavy atom. The van der Waals surface area contributed by atoms with E-state index in [0.29, 0.717) is 55.3 Å². The molecule has 5 amide bonds. The van der Waals surface area contributed by atoms with Crippen molar-refractivity contribution in [3.63, 3.8) is 0 Å². The third kappa shape index (κ3) is 17.4. The van der Waals surface area contributed by atoms with Crippen LogP contribution < -0.4 is 16.4 Å². The Balaban J connectivity index is 0.000000140. The summed E-state index contributed by atoms with van der Waals surface area (Å²) in [6.45, 7) is 24.0. The molecule has 3 saturated heterocycles. The molecule has 12 heterocycles. The van der Waals surface area contributed by atoms with Gasteiger partial charge in [-0.15, -0.1) is 24.0 Å². The fourth-order valence-corrected chi connectivity index (χ4v) is 17.2. The van der Waals surface area contributed by atoms with E-state index in [1.165, 1.54) is 71.2 Å². The number of fused-ring (bicyclic) bond motifs is 6. The third-order valence-corrected chi connectivity index (χ3v) is 23.4. The van der Waals surface area contributed by atoms with Crippen LogP contribution in [-0.4, -0.2) is 155 Å². The van der Waals surface area contributed by atoms with Crippen LogP contribution in [0.3, 0.4) is 0 Å². The van der Waals surface area contributed by atoms with Crippen molar-refractivity contribution in [2.45, 2.75) is 196 Å². The number of alkyl carbamates (subject to hydrolysis) is 2. The number of pyridine rings is 3. The summed E-state index contributed by atoms with van der Waals surface area (Å²) in [5, 5.41) is 9.52. The minimum Gasteiger partial charge on any atom is -0.444 e. The SMILES string of the molecule is C.Cc1c(-c2c(Br)c3ccccc3n2CC2CC2)nc2cc(C(=O)N3CCC[C@@H](NC(=O)OC(C)(C)C)C3)ccn12.Cc1c(-c2cc3ccccc3n2CC2CC2)nc2cc(C(=O)N3CCC[C@@H](N)C3)ccn12.Cc1c(-c2cc3ccccc3n2CC2CC2)nc2cc(C(=O)N3CCC[C@@H](NC(=O)OC(C)(C)C)C3)ccn12.I. The molecule has 113 heavy (non-hydrogen) atoms. The van der Waals surface area contributed by atoms with Crippen LogP contribution in [0.25, 0.3) is 83.8 Å². The van der Waals surface area contributed by atoms with Gasteiger partial charge in [-0.05, 0) is 240 Å². The fraction of sp³-hybridized carbons (Fsp3) is 0.438. The second kappa shape index (κ2) is 32.8. The lowest BCUT2D eigenvalue weighted by atomic mass is 10.0. The van der Waals surface area contributed by atoms with Gasteiger partial charge in [-0.1, -0.05) is 62.0 Å². The van der Waals surface area contributed by atoms with Crippen LogP contribution >= 0.6 is 39.9 Å². The van der Waals surface area contributed by atoms with Crippen molar-refractivity contribution in [2.24, 2.45) is 23.5 Å². The number of nitrogens with one attached hydrogen (secondary N) is 2. The Labute approximate surface area is 686 Å². The minimum absolute atomic E-state index is 0. The average molecular weight is 1710 g/mol. The molecule has 3 atom stereocenters. The second-order valence-corrected chi connectivity index (χ2v) is 34.5. The summed E-state index contributed by atoms with van der Waals surface area (Å²) in [4.78, 5) is 85.3. The number of amides is 5. The number of carbonyl (C=O) groups excluding carboxylic acids is 5. The van der Waals surface area contributed by atoms with Crippen molar-refractivity contribution < 1.29 is 33.4 Å². The van der Waals surface area contributed by atoms with E-state index in [1.807, 2.05) is 111 Å². The highest BCUT2D eigenvalue weighted by atomic mass is 127. The maximum Gasteiger partial charge on any atom is 0.407 e. The van der Waals surface area contributed by atoms with Gasteiger partial charge in [0.1, 0.15) is 45.2 Å². The van der Waals surface area contributed by atoms with Crippen LogP contribution in [-0.2, 0) is 29.1 Å². The number of aryl methyl sites for hydroxylation is 3. The predicted octanol–water partition coefficient (Wildman–Crippen LogP) is 17.9. The number of nitrogens with zero attached hydrogens (tertiary/aromatic N) is 12. The number of hydrogen-bond acceptors (Lipinski definition) is 11. The zero-order valence-corrected chi connectivity index (χ0v) is 69.6. The smallest absolute Gasteiger partial charge is 0.407 e. The van der Waals surface area contributed by atoms with E-state index >= 15 is 0 Å². The largest absolute Gasteiger partial charge is 0.444 e. The van der Waals surface area contributed by atoms with Crippen LogP contribution in [0, 0.1) is 38.5 Å². The Hall–Kier alpha value is -9.53. The first-order valence-corrected chi connectivity index (χ1v) is 40.7. The summed E-state index contributed by atoms with van der Waals surface area (Å²) in [7, 11) is 0. The minimum atomic E-state index is -0.563. The molecule has 0 bridgehead atoms. The quantitative estimate of drug-likeness (QED) is 0.0867. The lowest BCUT2D eigenvalue weighted by Crippen LogP contribution is -2.50. The Morgan fingerprint density at radius 1 is 0.469 bits per heavy atom. The van der Waals surface area contributed by atoms with E-state index in [9.17, 15) is 24.0 Å². The molecule has 6 aliphatic rings. The third-order valence-electron chi connectivity index (χ3n) is 22.6. The van der Waals surface area contributed by atoms with Crippen molar-refractivity contribution in [3.8, 4) is 34.2 Å². The van der Waals surface area contributed by atoms with Crippen molar-refractivity contribution in [3.05, 3.63) is 178 Å². The molecule has 24 heteroatoms. The van der Waals surface area contributed by atoms with E-state index in [0.717, 1.165) is 149 Å². The van der Waals surface area contributed by atoms with Gasteiger partial charge < -0.3 is 67.4 Å². The molecule has 6 fully saturated rings. The summed E-state index contributed by atoms with van der Waals surface area (Å²) in [5.74, 6) is 2.16. The molecular formula is C89H107BrIN15O7. The highest BCUT2D eigenvalue weighted by Gasteiger charge is 2.34. The van der Waals surface area contributed by atoms with Crippen molar-refractivity contribution in [2.75, 3.05) is 39.3 Å². The number of hydrogen-bond donors (Lipinski definition) is 3. The van der Waals surface area contributed by atoms with Gasteiger partial charge >= 0.3 is 12.2 Å². The normalized spacial score (nSPS) is 18.0. The number of halogens is 2. The summed E-state index contributed by atoms with van der Waals surface area (Å²) in [6.07, 6.45) is 17.9. The van der Waals surface area contributed by atoms with Gasteiger partial charge in [0.25, 0.3) is 17.7 Å². The number of rotatable bonds is 14. The first-order chi connectivity index (χ1) is 53.3. The number of para-hydroxylation sites is 3. The van der Waals surface area contributed by atoms with Crippen molar-refractivity contribution in [1.29, 1.82) is 0 Å². The molecule has 3 aliphatic heterocycles. The molecule has 3 aromatic carbocycles. The zero-order chi connectivity index (χ0) is 77.3. The van der Waals surface area contributed by atoms with Crippen LogP contribution in [0.2, 0.25) is 0 Å². The molecule has 3 saturated carbocycles. The van der Waals surface area contributed by atoms with Crippen LogP contribution in [0.5, 0.6) is 0 Å². The monoisotopic (exact) mass is 1700 g/mol. The van der Waals surface area contributed by atoms with Gasteiger partial charge in [0.2, 0.25) is 0 Å². The van der Waals surface area contributed by atoms with E-state index in [1.54, 1.807) is 0 Å². The number of likely N-dealkylation sites (tertiary alicyclic amines) is 3. The fourth-order valence-electron chi connectivity index (χ4n) is 16.4. The standard InChI is InChI=1S/C31H36BrN5O3.C31H37N5O3.C26H29N5O.CH4.HI/c1-19-27(28-26(32)23-9-5-6-10-24(23)37(28)17-20-11-12-20)34-25-16-21(13-15-36(19)25)29(38)35-14-7-8-22(18-35)33-30(39)40-31(2,3)4;1-20-28(26-16-22-8-5-6-10-25(22)36(26)18-21-11-12-21)33-27-17-23(13-15-35(20)27)29(37)34-14-7-9-24(19-34)32-30(38)39-31(2,3)4;1-17-25(23-13-19-5-2-3-7-22(19)31(23)15-18-8-9-18)28-24-14-20(10-12-30(17)24)26(32)29-11-4-6-21(27)16-29;;/h5-6,9-10,13,15-16,20,22H,7-8,11-12,14,17-18H2,1-4H3,(H,33,39);5-6,8,10,13,15-17,21,24H,7,9,11-12,14,18-19H2,1-4H3,(H,32,38);2-3,5,7,10,12-14,18,21H,4,6,8-9,11,15-16,27H2,1H3;1H4;1H/t22-;24-;21-;;/m111../s1. The van der Waals surface area contributed by atoms with E-state index in [2.05, 4.69) is 159 Å². The van der Waals surface area contributed by atoms with Gasteiger partial charge in [-0.25, -0.2) is 24.5 Å².